The molecule has 0 atom stereocenters. The molecular weight excluding hydrogens is 218 g/mol. The van der Waals surface area contributed by atoms with Crippen LogP contribution in [0, 0.1) is 0 Å². The molecule has 0 aliphatic heterocycles. The summed E-state index contributed by atoms with van der Waals surface area (Å²) >= 11 is 4.95. The van der Waals surface area contributed by atoms with Crippen LogP contribution in [0.2, 0.25) is 0 Å². The minimum Gasteiger partial charge on any atom is -0.481 e. The summed E-state index contributed by atoms with van der Waals surface area (Å²) in [5, 5.41) is 0. The lowest BCUT2D eigenvalue weighted by atomic mass is 10.0. The molecule has 0 spiro atoms. The van der Waals surface area contributed by atoms with E-state index in [9.17, 15) is 0 Å². The Kier molecular flexibility index (Phi) is 3.92. The molecule has 0 heterocycles. The molecule has 1 rings (SSSR count). The van der Waals surface area contributed by atoms with Crippen LogP contribution in [-0.4, -0.2) is 10.6 Å². The van der Waals surface area contributed by atoms with Gasteiger partial charge in [0.1, 0.15) is 10.7 Å². The van der Waals surface area contributed by atoms with Crippen LogP contribution in [0.15, 0.2) is 24.3 Å². The van der Waals surface area contributed by atoms with Crippen molar-refractivity contribution in [2.24, 2.45) is 5.73 Å². The summed E-state index contributed by atoms with van der Waals surface area (Å²) in [5.41, 5.74) is 6.29. The van der Waals surface area contributed by atoms with E-state index in [0.717, 1.165) is 5.75 Å². The lowest BCUT2D eigenvalue weighted by Gasteiger charge is -2.25. The quantitative estimate of drug-likeness (QED) is 0.816. The van der Waals surface area contributed by atoms with Crippen molar-refractivity contribution >= 4 is 17.2 Å². The predicted octanol–water partition coefficient (Wildman–Crippen LogP) is 3.25. The van der Waals surface area contributed by atoms with Gasteiger partial charge in [0.2, 0.25) is 0 Å². The molecule has 0 aliphatic carbocycles. The zero-order valence-corrected chi connectivity index (χ0v) is 11.1. The average molecular weight is 237 g/mol. The number of rotatable bonds is 4. The number of ether oxygens (including phenoxy) is 1. The van der Waals surface area contributed by atoms with E-state index in [-0.39, 0.29) is 0 Å². The van der Waals surface area contributed by atoms with Gasteiger partial charge in [-0.2, -0.15) is 0 Å². The zero-order valence-electron chi connectivity index (χ0n) is 10.3. The molecule has 0 aliphatic rings. The number of benzene rings is 1. The van der Waals surface area contributed by atoms with E-state index in [1.807, 2.05) is 26.0 Å². The fourth-order valence-corrected chi connectivity index (χ4v) is 1.31. The maximum absolute atomic E-state index is 5.73. The van der Waals surface area contributed by atoms with Gasteiger partial charge < -0.3 is 10.5 Å². The van der Waals surface area contributed by atoms with Crippen LogP contribution in [0.5, 0.6) is 5.75 Å². The second-order valence-electron chi connectivity index (χ2n) is 4.70. The standard InChI is InChI=1S/C13H19NOS/c1-9(2)10-5-7-11(8-6-10)15-13(3,4)12(14)16/h5-9H,1-4H3,(H2,14,16). The highest BCUT2D eigenvalue weighted by molar-refractivity contribution is 7.80. The molecule has 88 valence electrons. The van der Waals surface area contributed by atoms with Crippen molar-refractivity contribution in [2.45, 2.75) is 39.2 Å². The van der Waals surface area contributed by atoms with Gasteiger partial charge in [0.25, 0.3) is 0 Å². The number of nitrogens with two attached hydrogens (primary N) is 1. The van der Waals surface area contributed by atoms with E-state index >= 15 is 0 Å². The van der Waals surface area contributed by atoms with Gasteiger partial charge in [0.05, 0.1) is 0 Å². The molecule has 0 aromatic heterocycles. The Bertz CT molecular complexity index is 368. The molecule has 0 fully saturated rings. The highest BCUT2D eigenvalue weighted by Crippen LogP contribution is 2.22. The Morgan fingerprint density at radius 2 is 1.75 bits per heavy atom. The van der Waals surface area contributed by atoms with Gasteiger partial charge in [-0.05, 0) is 37.5 Å². The first-order chi connectivity index (χ1) is 7.33. The maximum atomic E-state index is 5.73. The molecule has 2 N–H and O–H groups in total. The number of hydrogen-bond donors (Lipinski definition) is 1. The summed E-state index contributed by atoms with van der Waals surface area (Å²) < 4.78 is 5.73. The third kappa shape index (κ3) is 3.20. The Morgan fingerprint density at radius 1 is 1.25 bits per heavy atom. The Labute approximate surface area is 103 Å². The Hall–Kier alpha value is -1.09. The third-order valence-electron chi connectivity index (χ3n) is 2.51. The van der Waals surface area contributed by atoms with Crippen LogP contribution < -0.4 is 10.5 Å². The van der Waals surface area contributed by atoms with Gasteiger partial charge in [0.15, 0.2) is 5.60 Å². The van der Waals surface area contributed by atoms with Crippen LogP contribution in [0.1, 0.15) is 39.2 Å². The number of hydrogen-bond acceptors (Lipinski definition) is 2. The molecule has 2 nitrogen and oxygen atoms in total. The van der Waals surface area contributed by atoms with E-state index in [4.69, 9.17) is 22.7 Å². The molecule has 3 heteroatoms. The SMILES string of the molecule is CC(C)c1ccc(OC(C)(C)C(N)=S)cc1. The first-order valence-corrected chi connectivity index (χ1v) is 5.82. The third-order valence-corrected chi connectivity index (χ3v) is 3.00. The molecule has 0 amide bonds. The van der Waals surface area contributed by atoms with E-state index in [2.05, 4.69) is 26.0 Å². The van der Waals surface area contributed by atoms with Crippen molar-refractivity contribution < 1.29 is 4.74 Å². The van der Waals surface area contributed by atoms with Crippen molar-refractivity contribution in [2.75, 3.05) is 0 Å². The van der Waals surface area contributed by atoms with Crippen LogP contribution in [0.4, 0.5) is 0 Å². The average Bonchev–Trinajstić information content (AvgIpc) is 2.17. The van der Waals surface area contributed by atoms with E-state index in [1.54, 1.807) is 0 Å². The van der Waals surface area contributed by atoms with Gasteiger partial charge in [0, 0.05) is 0 Å². The van der Waals surface area contributed by atoms with Gasteiger partial charge in [-0.1, -0.05) is 38.2 Å². The van der Waals surface area contributed by atoms with Crippen LogP contribution in [-0.2, 0) is 0 Å². The van der Waals surface area contributed by atoms with Crippen molar-refractivity contribution in [1.29, 1.82) is 0 Å². The van der Waals surface area contributed by atoms with Crippen molar-refractivity contribution in [3.05, 3.63) is 29.8 Å². The van der Waals surface area contributed by atoms with E-state index < -0.39 is 5.60 Å². The fraction of sp³-hybridized carbons (Fsp3) is 0.462. The summed E-state index contributed by atoms with van der Waals surface area (Å²) in [7, 11) is 0. The molecule has 0 bridgehead atoms. The molecule has 1 aromatic carbocycles. The summed E-state index contributed by atoms with van der Waals surface area (Å²) in [6.45, 7) is 8.06. The molecular formula is C13H19NOS. The molecule has 0 saturated heterocycles. The second-order valence-corrected chi connectivity index (χ2v) is 5.14. The second kappa shape index (κ2) is 4.83. The van der Waals surface area contributed by atoms with Crippen LogP contribution in [0.3, 0.4) is 0 Å². The largest absolute Gasteiger partial charge is 0.481 e. The summed E-state index contributed by atoms with van der Waals surface area (Å²) in [4.78, 5) is 0.362. The molecule has 0 saturated carbocycles. The normalized spacial score (nSPS) is 11.6. The minimum absolute atomic E-state index is 0.362. The van der Waals surface area contributed by atoms with E-state index in [1.165, 1.54) is 5.56 Å². The first kappa shape index (κ1) is 13.0. The van der Waals surface area contributed by atoms with Gasteiger partial charge in [-0.15, -0.1) is 0 Å². The minimum atomic E-state index is -0.602. The fourth-order valence-electron chi connectivity index (χ4n) is 1.27. The predicted molar refractivity (Wildman–Crippen MR) is 72.0 cm³/mol. The topological polar surface area (TPSA) is 35.2 Å². The molecule has 0 unspecified atom stereocenters. The van der Waals surface area contributed by atoms with Crippen LogP contribution >= 0.6 is 12.2 Å². The Morgan fingerprint density at radius 3 is 2.12 bits per heavy atom. The van der Waals surface area contributed by atoms with E-state index in [0.29, 0.717) is 10.9 Å². The maximum Gasteiger partial charge on any atom is 0.153 e. The van der Waals surface area contributed by atoms with Gasteiger partial charge in [-0.25, -0.2) is 0 Å². The Balaban J connectivity index is 2.80. The highest BCUT2D eigenvalue weighted by atomic mass is 32.1. The molecule has 1 aromatic rings. The number of thiocarbonyl (C=S) groups is 1. The monoisotopic (exact) mass is 237 g/mol. The van der Waals surface area contributed by atoms with Crippen molar-refractivity contribution in [3.63, 3.8) is 0 Å². The summed E-state index contributed by atoms with van der Waals surface area (Å²) in [6.07, 6.45) is 0. The van der Waals surface area contributed by atoms with Gasteiger partial charge in [-0.3, -0.25) is 0 Å². The van der Waals surface area contributed by atoms with Crippen molar-refractivity contribution in [3.8, 4) is 5.75 Å². The summed E-state index contributed by atoms with van der Waals surface area (Å²) in [6, 6.07) is 8.04. The highest BCUT2D eigenvalue weighted by Gasteiger charge is 2.23. The van der Waals surface area contributed by atoms with Crippen molar-refractivity contribution in [1.82, 2.24) is 0 Å². The summed E-state index contributed by atoms with van der Waals surface area (Å²) in [5.74, 6) is 1.32. The van der Waals surface area contributed by atoms with Crippen LogP contribution in [0.25, 0.3) is 0 Å². The smallest absolute Gasteiger partial charge is 0.153 e. The van der Waals surface area contributed by atoms with Gasteiger partial charge >= 0.3 is 0 Å². The first-order valence-electron chi connectivity index (χ1n) is 5.42. The molecule has 16 heavy (non-hydrogen) atoms. The lowest BCUT2D eigenvalue weighted by Crippen LogP contribution is -2.41. The molecule has 0 radical (unpaired) electrons. The lowest BCUT2D eigenvalue weighted by molar-refractivity contribution is 0.184. The zero-order chi connectivity index (χ0) is 12.3.